The molecule has 0 aliphatic heterocycles. The maximum atomic E-state index is 14.0. The number of carboxylic acids is 1. The number of amides is 1. The molecule has 0 saturated heterocycles. The Morgan fingerprint density at radius 1 is 1.36 bits per heavy atom. The molecule has 0 atom stereocenters. The smallest absolute Gasteiger partial charge is 0.329 e. The number of nitrogens with one attached hydrogen (secondary N) is 1. The Balaban J connectivity index is 1.97. The number of carbonyl (C=O) groups excluding carboxylic acids is 1. The lowest BCUT2D eigenvalue weighted by Crippen LogP contribution is -2.52. The molecule has 1 aliphatic carbocycles. The lowest BCUT2D eigenvalue weighted by atomic mass is 9.97. The van der Waals surface area contributed by atoms with Gasteiger partial charge in [0, 0.05) is 6.42 Å². The van der Waals surface area contributed by atoms with Crippen molar-refractivity contribution in [3.63, 3.8) is 0 Å². The maximum Gasteiger partial charge on any atom is 0.329 e. The van der Waals surface area contributed by atoms with E-state index < -0.39 is 17.3 Å². The average Bonchev–Trinajstić information content (AvgIpc) is 2.96. The van der Waals surface area contributed by atoms with Crippen molar-refractivity contribution in [2.24, 2.45) is 0 Å². The highest BCUT2D eigenvalue weighted by molar-refractivity contribution is 5.87. The highest BCUT2D eigenvalue weighted by Gasteiger charge is 2.42. The summed E-state index contributed by atoms with van der Waals surface area (Å²) >= 11 is 0. The van der Waals surface area contributed by atoms with Crippen molar-refractivity contribution in [3.05, 3.63) is 29.6 Å². The van der Waals surface area contributed by atoms with Crippen LogP contribution < -0.4 is 10.1 Å². The molecule has 1 fully saturated rings. The second-order valence-electron chi connectivity index (χ2n) is 5.58. The summed E-state index contributed by atoms with van der Waals surface area (Å²) in [5, 5.41) is 11.9. The van der Waals surface area contributed by atoms with Gasteiger partial charge in [-0.3, -0.25) is 4.79 Å². The molecular formula is C16H20FNO4. The Labute approximate surface area is 128 Å². The van der Waals surface area contributed by atoms with Crippen molar-refractivity contribution < 1.29 is 23.8 Å². The standard InChI is InChI=1S/C16H20FNO4/c1-22-12-6-4-5-11(14(12)17)7-8-13(19)18-16(15(20)21)9-2-3-10-16/h4-6H,2-3,7-10H2,1H3,(H,18,19)(H,20,21). The summed E-state index contributed by atoms with van der Waals surface area (Å²) in [6.45, 7) is 0. The molecule has 2 N–H and O–H groups in total. The van der Waals surface area contributed by atoms with Gasteiger partial charge in [-0.05, 0) is 30.9 Å². The number of halogens is 1. The third kappa shape index (κ3) is 3.37. The van der Waals surface area contributed by atoms with Crippen LogP contribution in [0.4, 0.5) is 4.39 Å². The SMILES string of the molecule is COc1cccc(CCC(=O)NC2(C(=O)O)CCCC2)c1F. The predicted molar refractivity (Wildman–Crippen MR) is 78.3 cm³/mol. The maximum absolute atomic E-state index is 14.0. The highest BCUT2D eigenvalue weighted by atomic mass is 19.1. The van der Waals surface area contributed by atoms with Gasteiger partial charge in [0.2, 0.25) is 5.91 Å². The molecule has 6 heteroatoms. The van der Waals surface area contributed by atoms with Gasteiger partial charge in [-0.2, -0.15) is 0 Å². The molecule has 1 saturated carbocycles. The van der Waals surface area contributed by atoms with Crippen LogP contribution in [0.5, 0.6) is 5.75 Å². The van der Waals surface area contributed by atoms with E-state index in [1.54, 1.807) is 12.1 Å². The largest absolute Gasteiger partial charge is 0.494 e. The second kappa shape index (κ2) is 6.77. The van der Waals surface area contributed by atoms with Gasteiger partial charge in [0.1, 0.15) is 5.54 Å². The van der Waals surface area contributed by atoms with E-state index in [0.29, 0.717) is 18.4 Å². The second-order valence-corrected chi connectivity index (χ2v) is 5.58. The molecule has 0 aromatic heterocycles. The monoisotopic (exact) mass is 309 g/mol. The Morgan fingerprint density at radius 3 is 2.64 bits per heavy atom. The zero-order valence-electron chi connectivity index (χ0n) is 12.5. The van der Waals surface area contributed by atoms with Crippen molar-refractivity contribution in [1.29, 1.82) is 0 Å². The number of rotatable bonds is 6. The number of methoxy groups -OCH3 is 1. The van der Waals surface area contributed by atoms with Crippen LogP contribution in [0.15, 0.2) is 18.2 Å². The molecule has 22 heavy (non-hydrogen) atoms. The third-order valence-corrected chi connectivity index (χ3v) is 4.13. The van der Waals surface area contributed by atoms with Crippen molar-refractivity contribution in [1.82, 2.24) is 5.32 Å². The number of hydrogen-bond acceptors (Lipinski definition) is 3. The molecule has 1 aromatic carbocycles. The lowest BCUT2D eigenvalue weighted by molar-refractivity contribution is -0.147. The molecule has 1 amide bonds. The van der Waals surface area contributed by atoms with Crippen LogP contribution in [-0.4, -0.2) is 29.6 Å². The van der Waals surface area contributed by atoms with Crippen LogP contribution in [0.3, 0.4) is 0 Å². The Morgan fingerprint density at radius 2 is 2.05 bits per heavy atom. The summed E-state index contributed by atoms with van der Waals surface area (Å²) in [6, 6.07) is 4.76. The summed E-state index contributed by atoms with van der Waals surface area (Å²) in [5.41, 5.74) is -0.769. The highest BCUT2D eigenvalue weighted by Crippen LogP contribution is 2.30. The topological polar surface area (TPSA) is 75.6 Å². The normalized spacial score (nSPS) is 16.3. The first kappa shape index (κ1) is 16.3. The van der Waals surface area contributed by atoms with E-state index in [2.05, 4.69) is 5.32 Å². The molecule has 0 heterocycles. The molecule has 2 rings (SSSR count). The number of benzene rings is 1. The van der Waals surface area contributed by atoms with E-state index in [4.69, 9.17) is 4.74 Å². The van der Waals surface area contributed by atoms with Crippen molar-refractivity contribution in [3.8, 4) is 5.75 Å². The Kier molecular flexibility index (Phi) is 5.00. The number of aryl methyl sites for hydroxylation is 1. The minimum atomic E-state index is -1.15. The van der Waals surface area contributed by atoms with Crippen LogP contribution in [0.2, 0.25) is 0 Å². The van der Waals surface area contributed by atoms with E-state index in [1.165, 1.54) is 13.2 Å². The van der Waals surface area contributed by atoms with Crippen molar-refractivity contribution in [2.45, 2.75) is 44.1 Å². The predicted octanol–water partition coefficient (Wildman–Crippen LogP) is 2.28. The van der Waals surface area contributed by atoms with E-state index in [9.17, 15) is 19.1 Å². The number of carbonyl (C=O) groups is 2. The molecule has 1 aliphatic rings. The van der Waals surface area contributed by atoms with E-state index in [-0.39, 0.29) is 24.5 Å². The zero-order valence-corrected chi connectivity index (χ0v) is 12.5. The van der Waals surface area contributed by atoms with Crippen LogP contribution in [0.25, 0.3) is 0 Å². The van der Waals surface area contributed by atoms with Crippen LogP contribution in [0, 0.1) is 5.82 Å². The Bertz CT molecular complexity index is 567. The fraction of sp³-hybridized carbons (Fsp3) is 0.500. The minimum Gasteiger partial charge on any atom is -0.494 e. The summed E-state index contributed by atoms with van der Waals surface area (Å²) in [6.07, 6.45) is 2.71. The molecule has 0 radical (unpaired) electrons. The molecule has 5 nitrogen and oxygen atoms in total. The quantitative estimate of drug-likeness (QED) is 0.845. The third-order valence-electron chi connectivity index (χ3n) is 4.13. The van der Waals surface area contributed by atoms with E-state index >= 15 is 0 Å². The van der Waals surface area contributed by atoms with Crippen molar-refractivity contribution in [2.75, 3.05) is 7.11 Å². The lowest BCUT2D eigenvalue weighted by Gasteiger charge is -2.25. The summed E-state index contributed by atoms with van der Waals surface area (Å²) in [5.74, 6) is -1.71. The fourth-order valence-electron chi connectivity index (χ4n) is 2.86. The number of hydrogen-bond donors (Lipinski definition) is 2. The summed E-state index contributed by atoms with van der Waals surface area (Å²) in [7, 11) is 1.38. The first-order chi connectivity index (χ1) is 10.5. The first-order valence-corrected chi connectivity index (χ1v) is 7.34. The van der Waals surface area contributed by atoms with Gasteiger partial charge in [0.25, 0.3) is 0 Å². The van der Waals surface area contributed by atoms with Gasteiger partial charge in [-0.25, -0.2) is 9.18 Å². The average molecular weight is 309 g/mol. The van der Waals surface area contributed by atoms with Gasteiger partial charge in [0.05, 0.1) is 7.11 Å². The Hall–Kier alpha value is -2.11. The van der Waals surface area contributed by atoms with E-state index in [0.717, 1.165) is 12.8 Å². The molecule has 1 aromatic rings. The van der Waals surface area contributed by atoms with Gasteiger partial charge in [-0.15, -0.1) is 0 Å². The van der Waals surface area contributed by atoms with E-state index in [1.807, 2.05) is 0 Å². The number of aliphatic carboxylic acids is 1. The number of ether oxygens (including phenoxy) is 1. The molecule has 120 valence electrons. The fourth-order valence-corrected chi connectivity index (χ4v) is 2.86. The van der Waals surface area contributed by atoms with Gasteiger partial charge >= 0.3 is 5.97 Å². The van der Waals surface area contributed by atoms with Gasteiger partial charge in [-0.1, -0.05) is 25.0 Å². The molecule has 0 unspecified atom stereocenters. The summed E-state index contributed by atoms with van der Waals surface area (Å²) in [4.78, 5) is 23.4. The van der Waals surface area contributed by atoms with Crippen LogP contribution in [0.1, 0.15) is 37.7 Å². The number of carboxylic acid groups (broad SMARTS) is 1. The zero-order chi connectivity index (χ0) is 16.2. The molecule has 0 bridgehead atoms. The van der Waals surface area contributed by atoms with Crippen LogP contribution >= 0.6 is 0 Å². The summed E-state index contributed by atoms with van der Waals surface area (Å²) < 4.78 is 18.9. The molecular weight excluding hydrogens is 289 g/mol. The first-order valence-electron chi connectivity index (χ1n) is 7.34. The molecule has 0 spiro atoms. The van der Waals surface area contributed by atoms with Gasteiger partial charge in [0.15, 0.2) is 11.6 Å². The minimum absolute atomic E-state index is 0.0408. The van der Waals surface area contributed by atoms with Crippen LogP contribution in [-0.2, 0) is 16.0 Å². The van der Waals surface area contributed by atoms with Gasteiger partial charge < -0.3 is 15.2 Å². The van der Waals surface area contributed by atoms with Crippen molar-refractivity contribution >= 4 is 11.9 Å².